The molecule has 3 heterocycles. The summed E-state index contributed by atoms with van der Waals surface area (Å²) in [4.78, 5) is 15.4. The van der Waals surface area contributed by atoms with E-state index in [1.807, 2.05) is 60.3 Å². The van der Waals surface area contributed by atoms with Gasteiger partial charge in [0.25, 0.3) is 0 Å². The standard InChI is InChI=1S/C22H27N5O3/c1-3-20(29)18(12-28)25-21-16(22(23)30)11-26(2)27-10-15(9-19(21)27)13-4-5-17-14(8-13)6-7-24-17/h4-10,18,20,24-25,28-29H,3,11-12H2,1-2H3,(H2,23,30)/t18-,20-/m1/s1. The number of primary amides is 1. The predicted octanol–water partition coefficient (Wildman–Crippen LogP) is 1.14. The number of amides is 1. The Morgan fingerprint density at radius 2 is 2.10 bits per heavy atom. The van der Waals surface area contributed by atoms with E-state index in [1.54, 1.807) is 0 Å². The number of nitrogens with two attached hydrogens (primary N) is 1. The Morgan fingerprint density at radius 1 is 1.30 bits per heavy atom. The largest absolute Gasteiger partial charge is 0.394 e. The number of carbonyl (C=O) groups excluding carboxylic acids is 1. The number of H-pyrrole nitrogens is 1. The van der Waals surface area contributed by atoms with Gasteiger partial charge in [-0.2, -0.15) is 0 Å². The van der Waals surface area contributed by atoms with Gasteiger partial charge in [-0.05, 0) is 41.6 Å². The van der Waals surface area contributed by atoms with Crippen LogP contribution in [0.4, 0.5) is 0 Å². The van der Waals surface area contributed by atoms with E-state index in [9.17, 15) is 15.0 Å². The van der Waals surface area contributed by atoms with E-state index in [4.69, 9.17) is 5.73 Å². The van der Waals surface area contributed by atoms with E-state index in [0.717, 1.165) is 27.7 Å². The van der Waals surface area contributed by atoms with Gasteiger partial charge in [0.1, 0.15) is 0 Å². The maximum absolute atomic E-state index is 12.2. The fourth-order valence-corrected chi connectivity index (χ4v) is 3.95. The van der Waals surface area contributed by atoms with Crippen LogP contribution in [0.25, 0.3) is 27.7 Å². The van der Waals surface area contributed by atoms with Crippen molar-refractivity contribution in [1.82, 2.24) is 15.0 Å². The lowest BCUT2D eigenvalue weighted by molar-refractivity contribution is -0.114. The van der Waals surface area contributed by atoms with Gasteiger partial charge in [-0.1, -0.05) is 13.0 Å². The number of fused-ring (bicyclic) bond motifs is 2. The number of carbonyl (C=O) groups is 1. The van der Waals surface area contributed by atoms with Crippen molar-refractivity contribution in [2.75, 3.05) is 25.2 Å². The molecule has 8 nitrogen and oxygen atoms in total. The summed E-state index contributed by atoms with van der Waals surface area (Å²) in [5, 5.41) is 26.2. The van der Waals surface area contributed by atoms with E-state index >= 15 is 0 Å². The minimum absolute atomic E-state index is 0.266. The first kappa shape index (κ1) is 20.1. The zero-order chi connectivity index (χ0) is 21.4. The zero-order valence-electron chi connectivity index (χ0n) is 17.1. The van der Waals surface area contributed by atoms with Gasteiger partial charge in [0.2, 0.25) is 5.91 Å². The average molecular weight is 409 g/mol. The van der Waals surface area contributed by atoms with Crippen LogP contribution in [0.15, 0.2) is 48.3 Å². The summed E-state index contributed by atoms with van der Waals surface area (Å²) in [6.45, 7) is 1.89. The Labute approximate surface area is 174 Å². The first-order valence-corrected chi connectivity index (χ1v) is 10.0. The quantitative estimate of drug-likeness (QED) is 0.401. The predicted molar refractivity (Wildman–Crippen MR) is 117 cm³/mol. The molecule has 0 saturated carbocycles. The second kappa shape index (κ2) is 7.89. The number of aromatic nitrogens is 2. The van der Waals surface area contributed by atoms with Crippen LogP contribution >= 0.6 is 0 Å². The molecule has 0 unspecified atom stereocenters. The third-order valence-corrected chi connectivity index (χ3v) is 5.71. The topological polar surface area (TPSA) is 120 Å². The molecule has 0 fully saturated rings. The Kier molecular flexibility index (Phi) is 5.27. The summed E-state index contributed by atoms with van der Waals surface area (Å²) in [6, 6.07) is 9.60. The summed E-state index contributed by atoms with van der Waals surface area (Å²) < 4.78 is 1.96. The molecule has 30 heavy (non-hydrogen) atoms. The highest BCUT2D eigenvalue weighted by molar-refractivity contribution is 6.01. The third-order valence-electron chi connectivity index (χ3n) is 5.71. The maximum atomic E-state index is 12.2. The van der Waals surface area contributed by atoms with Crippen LogP contribution < -0.4 is 16.1 Å². The van der Waals surface area contributed by atoms with Crippen LogP contribution in [0.3, 0.4) is 0 Å². The van der Waals surface area contributed by atoms with E-state index in [2.05, 4.69) is 16.4 Å². The van der Waals surface area contributed by atoms with Crippen LogP contribution in [0, 0.1) is 0 Å². The molecule has 0 radical (unpaired) electrons. The fourth-order valence-electron chi connectivity index (χ4n) is 3.95. The second-order valence-corrected chi connectivity index (χ2v) is 7.68. The Morgan fingerprint density at radius 3 is 2.80 bits per heavy atom. The monoisotopic (exact) mass is 409 g/mol. The number of hydrogen-bond donors (Lipinski definition) is 5. The molecule has 8 heteroatoms. The maximum Gasteiger partial charge on any atom is 0.248 e. The normalized spacial score (nSPS) is 15.9. The van der Waals surface area contributed by atoms with Gasteiger partial charge in [0, 0.05) is 30.5 Å². The molecule has 3 aromatic rings. The number of hydrogen-bond acceptors (Lipinski definition) is 5. The van der Waals surface area contributed by atoms with E-state index in [0.29, 0.717) is 24.2 Å². The molecule has 2 aromatic heterocycles. The van der Waals surface area contributed by atoms with Gasteiger partial charge in [-0.25, -0.2) is 0 Å². The van der Waals surface area contributed by atoms with Gasteiger partial charge in [0.15, 0.2) is 0 Å². The summed E-state index contributed by atoms with van der Waals surface area (Å²) >= 11 is 0. The first-order valence-electron chi connectivity index (χ1n) is 10.0. The molecule has 0 saturated heterocycles. The number of benzene rings is 1. The molecule has 1 aromatic carbocycles. The minimum Gasteiger partial charge on any atom is -0.394 e. The van der Waals surface area contributed by atoms with Crippen molar-refractivity contribution < 1.29 is 15.0 Å². The number of aromatic amines is 1. The number of aliphatic hydroxyl groups is 2. The molecule has 2 atom stereocenters. The number of nitrogens with one attached hydrogen (secondary N) is 2. The number of likely N-dealkylation sites (N-methyl/N-ethyl adjacent to an activating group) is 1. The molecule has 1 aliphatic rings. The molecule has 1 aliphatic heterocycles. The molecule has 4 rings (SSSR count). The van der Waals surface area contributed by atoms with Crippen LogP contribution in [-0.4, -0.2) is 58.1 Å². The summed E-state index contributed by atoms with van der Waals surface area (Å²) in [5.74, 6) is -0.533. The lowest BCUT2D eigenvalue weighted by atomic mass is 10.0. The van der Waals surface area contributed by atoms with E-state index in [1.165, 1.54) is 0 Å². The molecule has 6 N–H and O–H groups in total. The number of nitrogens with zero attached hydrogens (tertiary/aromatic N) is 2. The number of rotatable bonds is 7. The van der Waals surface area contributed by atoms with Crippen molar-refractivity contribution in [1.29, 1.82) is 0 Å². The van der Waals surface area contributed by atoms with Gasteiger partial charge < -0.3 is 31.3 Å². The molecule has 0 bridgehead atoms. The van der Waals surface area contributed by atoms with E-state index in [-0.39, 0.29) is 6.61 Å². The molecule has 158 valence electrons. The van der Waals surface area contributed by atoms with Crippen LogP contribution in [0.1, 0.15) is 19.0 Å². The number of aliphatic hydroxyl groups excluding tert-OH is 2. The first-order chi connectivity index (χ1) is 14.4. The van der Waals surface area contributed by atoms with Crippen molar-refractivity contribution in [3.05, 3.63) is 54.0 Å². The molecular formula is C22H27N5O3. The van der Waals surface area contributed by atoms with Gasteiger partial charge >= 0.3 is 0 Å². The lowest BCUT2D eigenvalue weighted by Crippen LogP contribution is -2.47. The van der Waals surface area contributed by atoms with Crippen molar-refractivity contribution in [2.24, 2.45) is 5.73 Å². The molecule has 0 spiro atoms. The highest BCUT2D eigenvalue weighted by Gasteiger charge is 2.29. The van der Waals surface area contributed by atoms with Gasteiger partial charge in [0.05, 0.1) is 42.3 Å². The molecular weight excluding hydrogens is 382 g/mol. The molecule has 1 amide bonds. The van der Waals surface area contributed by atoms with Gasteiger partial charge in [-0.3, -0.25) is 9.47 Å². The van der Waals surface area contributed by atoms with Crippen LogP contribution in [-0.2, 0) is 4.79 Å². The Balaban J connectivity index is 1.80. The third kappa shape index (κ3) is 3.44. The fraction of sp³-hybridized carbons (Fsp3) is 0.318. The van der Waals surface area contributed by atoms with Crippen LogP contribution in [0.2, 0.25) is 0 Å². The Bertz CT molecular complexity index is 1110. The summed E-state index contributed by atoms with van der Waals surface area (Å²) in [5.41, 5.74) is 10.5. The van der Waals surface area contributed by atoms with Crippen molar-refractivity contribution in [2.45, 2.75) is 25.5 Å². The Hall–Kier alpha value is -3.23. The summed E-state index contributed by atoms with van der Waals surface area (Å²) in [6.07, 6.45) is 3.63. The second-order valence-electron chi connectivity index (χ2n) is 7.68. The smallest absolute Gasteiger partial charge is 0.248 e. The van der Waals surface area contributed by atoms with Crippen molar-refractivity contribution >= 4 is 22.5 Å². The summed E-state index contributed by atoms with van der Waals surface area (Å²) in [7, 11) is 1.88. The van der Waals surface area contributed by atoms with E-state index < -0.39 is 18.1 Å². The van der Waals surface area contributed by atoms with Crippen molar-refractivity contribution in [3.63, 3.8) is 0 Å². The SMILES string of the molecule is CC[C@@H](O)[C@@H](CO)NC1=C(C(N)=O)CN(C)n2cc(-c3ccc4[nH]ccc4c3)cc21. The van der Waals surface area contributed by atoms with Crippen molar-refractivity contribution in [3.8, 4) is 11.1 Å². The minimum atomic E-state index is -0.754. The van der Waals surface area contributed by atoms with Gasteiger partial charge in [-0.15, -0.1) is 0 Å². The lowest BCUT2D eigenvalue weighted by Gasteiger charge is -2.33. The highest BCUT2D eigenvalue weighted by atomic mass is 16.3. The average Bonchev–Trinajstić information content (AvgIpc) is 3.39. The van der Waals surface area contributed by atoms with Crippen LogP contribution in [0.5, 0.6) is 0 Å². The highest BCUT2D eigenvalue weighted by Crippen LogP contribution is 2.31. The zero-order valence-corrected chi connectivity index (χ0v) is 17.1. The molecule has 0 aliphatic carbocycles.